The number of thiophene rings is 1. The Morgan fingerprint density at radius 3 is 2.33 bits per heavy atom. The van der Waals surface area contributed by atoms with Crippen LogP contribution in [0.2, 0.25) is 0 Å². The second-order valence-electron chi connectivity index (χ2n) is 6.16. The first-order valence-corrected chi connectivity index (χ1v) is 9.47. The SMILES string of the molecule is Cc1sc(C(=O)NC2CC(C)CC(C)C2)cc1S(N)(=O)=O. The van der Waals surface area contributed by atoms with Crippen molar-refractivity contribution in [2.75, 3.05) is 0 Å². The van der Waals surface area contributed by atoms with E-state index in [1.54, 1.807) is 6.92 Å². The highest BCUT2D eigenvalue weighted by atomic mass is 32.2. The maximum Gasteiger partial charge on any atom is 0.261 e. The molecule has 2 rings (SSSR count). The number of carbonyl (C=O) groups excluding carboxylic acids is 1. The first kappa shape index (κ1) is 16.5. The topological polar surface area (TPSA) is 89.3 Å². The molecule has 5 nitrogen and oxygen atoms in total. The molecule has 0 aliphatic heterocycles. The molecule has 21 heavy (non-hydrogen) atoms. The van der Waals surface area contributed by atoms with Crippen LogP contribution in [0.4, 0.5) is 0 Å². The average molecular weight is 330 g/mol. The number of amides is 1. The van der Waals surface area contributed by atoms with Gasteiger partial charge in [-0.3, -0.25) is 4.79 Å². The standard InChI is InChI=1S/C14H22N2O3S2/c1-8-4-9(2)6-11(5-8)16-14(17)12-7-13(10(3)20-12)21(15,18)19/h7-9,11H,4-6H2,1-3H3,(H,16,17)(H2,15,18,19). The Labute approximate surface area is 130 Å². The van der Waals surface area contributed by atoms with Crippen LogP contribution in [-0.4, -0.2) is 20.4 Å². The molecule has 1 aliphatic rings. The lowest BCUT2D eigenvalue weighted by molar-refractivity contribution is 0.0915. The predicted octanol–water partition coefficient (Wildman–Crippen LogP) is 2.26. The Balaban J connectivity index is 2.11. The van der Waals surface area contributed by atoms with E-state index in [0.29, 0.717) is 21.6 Å². The van der Waals surface area contributed by atoms with Crippen LogP contribution in [0.3, 0.4) is 0 Å². The summed E-state index contributed by atoms with van der Waals surface area (Å²) in [6.45, 7) is 6.05. The molecule has 1 saturated carbocycles. The number of nitrogens with two attached hydrogens (primary N) is 1. The number of hydrogen-bond donors (Lipinski definition) is 2. The van der Waals surface area contributed by atoms with Gasteiger partial charge in [-0.05, 0) is 44.1 Å². The first-order chi connectivity index (χ1) is 9.66. The van der Waals surface area contributed by atoms with Gasteiger partial charge >= 0.3 is 0 Å². The number of aryl methyl sites for hydroxylation is 1. The van der Waals surface area contributed by atoms with Crippen LogP contribution in [0.1, 0.15) is 47.7 Å². The molecule has 1 amide bonds. The zero-order valence-corrected chi connectivity index (χ0v) is 14.2. The smallest absolute Gasteiger partial charge is 0.261 e. The van der Waals surface area contributed by atoms with E-state index >= 15 is 0 Å². The highest BCUT2D eigenvalue weighted by Crippen LogP contribution is 2.29. The van der Waals surface area contributed by atoms with Crippen molar-refractivity contribution >= 4 is 27.3 Å². The molecule has 0 aromatic carbocycles. The maximum absolute atomic E-state index is 12.3. The van der Waals surface area contributed by atoms with Gasteiger partial charge in [-0.25, -0.2) is 13.6 Å². The van der Waals surface area contributed by atoms with Crippen molar-refractivity contribution in [1.29, 1.82) is 0 Å². The third-order valence-electron chi connectivity index (χ3n) is 3.92. The quantitative estimate of drug-likeness (QED) is 0.891. The molecular formula is C14H22N2O3S2. The molecule has 2 atom stereocenters. The molecule has 1 aliphatic carbocycles. The summed E-state index contributed by atoms with van der Waals surface area (Å²) < 4.78 is 22.8. The van der Waals surface area contributed by atoms with Crippen LogP contribution >= 0.6 is 11.3 Å². The summed E-state index contributed by atoms with van der Waals surface area (Å²) in [7, 11) is -3.77. The van der Waals surface area contributed by atoms with E-state index in [1.165, 1.54) is 23.8 Å². The second-order valence-corrected chi connectivity index (χ2v) is 8.95. The molecule has 7 heteroatoms. The minimum absolute atomic E-state index is 0.0445. The minimum atomic E-state index is -3.77. The fourth-order valence-electron chi connectivity index (χ4n) is 3.18. The van der Waals surface area contributed by atoms with Gasteiger partial charge in [0.1, 0.15) is 0 Å². The molecule has 0 radical (unpaired) electrons. The van der Waals surface area contributed by atoms with Crippen molar-refractivity contribution in [3.8, 4) is 0 Å². The van der Waals surface area contributed by atoms with Crippen molar-refractivity contribution in [1.82, 2.24) is 5.32 Å². The Bertz CT molecular complexity index is 627. The molecule has 3 N–H and O–H groups in total. The third-order valence-corrected chi connectivity index (χ3v) is 6.13. The zero-order valence-electron chi connectivity index (χ0n) is 12.5. The molecule has 1 aromatic heterocycles. The summed E-state index contributed by atoms with van der Waals surface area (Å²) in [5, 5.41) is 8.16. The van der Waals surface area contributed by atoms with E-state index in [2.05, 4.69) is 19.2 Å². The van der Waals surface area contributed by atoms with E-state index in [9.17, 15) is 13.2 Å². The number of hydrogen-bond acceptors (Lipinski definition) is 4. The number of nitrogens with one attached hydrogen (secondary N) is 1. The third kappa shape index (κ3) is 4.05. The largest absolute Gasteiger partial charge is 0.349 e. The van der Waals surface area contributed by atoms with E-state index in [-0.39, 0.29) is 16.8 Å². The van der Waals surface area contributed by atoms with Gasteiger partial charge in [0.2, 0.25) is 10.0 Å². The van der Waals surface area contributed by atoms with E-state index < -0.39 is 10.0 Å². The van der Waals surface area contributed by atoms with Gasteiger partial charge in [0.15, 0.2) is 0 Å². The van der Waals surface area contributed by atoms with Gasteiger partial charge in [-0.1, -0.05) is 13.8 Å². The predicted molar refractivity (Wildman–Crippen MR) is 83.9 cm³/mol. The van der Waals surface area contributed by atoms with Gasteiger partial charge in [0.25, 0.3) is 5.91 Å². The van der Waals surface area contributed by atoms with Crippen LogP contribution in [0, 0.1) is 18.8 Å². The van der Waals surface area contributed by atoms with Crippen molar-refractivity contribution in [3.63, 3.8) is 0 Å². The van der Waals surface area contributed by atoms with Gasteiger partial charge in [-0.15, -0.1) is 11.3 Å². The van der Waals surface area contributed by atoms with Crippen LogP contribution < -0.4 is 10.5 Å². The summed E-state index contributed by atoms with van der Waals surface area (Å²) in [5.74, 6) is 0.998. The van der Waals surface area contributed by atoms with E-state index in [0.717, 1.165) is 12.8 Å². The number of primary sulfonamides is 1. The lowest BCUT2D eigenvalue weighted by Gasteiger charge is -2.31. The zero-order chi connectivity index (χ0) is 15.8. The highest BCUT2D eigenvalue weighted by Gasteiger charge is 2.26. The van der Waals surface area contributed by atoms with Crippen LogP contribution in [0.5, 0.6) is 0 Å². The fourth-order valence-corrected chi connectivity index (χ4v) is 5.23. The van der Waals surface area contributed by atoms with Crippen LogP contribution in [0.15, 0.2) is 11.0 Å². The Kier molecular flexibility index (Phi) is 4.75. The van der Waals surface area contributed by atoms with Gasteiger partial charge in [0, 0.05) is 10.9 Å². The molecule has 0 spiro atoms. The molecule has 0 bridgehead atoms. The molecule has 2 unspecified atom stereocenters. The lowest BCUT2D eigenvalue weighted by atomic mass is 9.80. The average Bonchev–Trinajstić information content (AvgIpc) is 2.69. The molecule has 1 aromatic rings. The van der Waals surface area contributed by atoms with Crippen molar-refractivity contribution < 1.29 is 13.2 Å². The molecule has 0 saturated heterocycles. The first-order valence-electron chi connectivity index (χ1n) is 7.11. The molecule has 118 valence electrons. The maximum atomic E-state index is 12.3. The monoisotopic (exact) mass is 330 g/mol. The van der Waals surface area contributed by atoms with Gasteiger partial charge < -0.3 is 5.32 Å². The van der Waals surface area contributed by atoms with Crippen LogP contribution in [-0.2, 0) is 10.0 Å². The molecule has 1 fully saturated rings. The number of sulfonamides is 1. The van der Waals surface area contributed by atoms with Crippen LogP contribution in [0.25, 0.3) is 0 Å². The Morgan fingerprint density at radius 1 is 1.29 bits per heavy atom. The highest BCUT2D eigenvalue weighted by molar-refractivity contribution is 7.89. The lowest BCUT2D eigenvalue weighted by Crippen LogP contribution is -2.39. The summed E-state index contributed by atoms with van der Waals surface area (Å²) in [5.41, 5.74) is 0. The normalized spacial score (nSPS) is 26.6. The van der Waals surface area contributed by atoms with Gasteiger partial charge in [0.05, 0.1) is 9.77 Å². The van der Waals surface area contributed by atoms with Crippen molar-refractivity contribution in [3.05, 3.63) is 15.8 Å². The number of rotatable bonds is 3. The summed E-state index contributed by atoms with van der Waals surface area (Å²) >= 11 is 1.17. The van der Waals surface area contributed by atoms with E-state index in [1.807, 2.05) is 0 Å². The molecular weight excluding hydrogens is 308 g/mol. The molecule has 1 heterocycles. The summed E-state index contributed by atoms with van der Waals surface area (Å²) in [6.07, 6.45) is 3.14. The second kappa shape index (κ2) is 6.06. The Hall–Kier alpha value is -0.920. The van der Waals surface area contributed by atoms with E-state index in [4.69, 9.17) is 5.14 Å². The van der Waals surface area contributed by atoms with Crippen molar-refractivity contribution in [2.24, 2.45) is 17.0 Å². The minimum Gasteiger partial charge on any atom is -0.349 e. The Morgan fingerprint density at radius 2 is 1.86 bits per heavy atom. The van der Waals surface area contributed by atoms with Crippen molar-refractivity contribution in [2.45, 2.75) is 51.0 Å². The summed E-state index contributed by atoms with van der Waals surface area (Å²) in [6, 6.07) is 1.54. The van der Waals surface area contributed by atoms with Gasteiger partial charge in [-0.2, -0.15) is 0 Å². The summed E-state index contributed by atoms with van der Waals surface area (Å²) in [4.78, 5) is 13.3. The number of carbonyl (C=O) groups is 1. The fraction of sp³-hybridized carbons (Fsp3) is 0.643.